The second kappa shape index (κ2) is 7.66. The molecule has 2 fully saturated rings. The van der Waals surface area contributed by atoms with E-state index in [0.717, 1.165) is 37.8 Å². The summed E-state index contributed by atoms with van der Waals surface area (Å²) in [5.41, 5.74) is 1.54. The van der Waals surface area contributed by atoms with Crippen molar-refractivity contribution in [2.75, 3.05) is 13.1 Å². The van der Waals surface area contributed by atoms with Crippen LogP contribution in [0.4, 0.5) is 0 Å². The number of amides is 2. The highest BCUT2D eigenvalue weighted by molar-refractivity contribution is 5.92. The van der Waals surface area contributed by atoms with Crippen LogP contribution in [-0.4, -0.2) is 49.7 Å². The molecule has 8 nitrogen and oxygen atoms in total. The van der Waals surface area contributed by atoms with Crippen molar-refractivity contribution in [2.45, 2.75) is 51.1 Å². The van der Waals surface area contributed by atoms with Crippen molar-refractivity contribution in [2.24, 2.45) is 5.92 Å². The molecular weight excluding hydrogens is 382 g/mol. The third kappa shape index (κ3) is 3.51. The normalized spacial score (nSPS) is 21.3. The minimum absolute atomic E-state index is 0.137. The Bertz CT molecular complexity index is 1030. The van der Waals surface area contributed by atoms with Crippen LogP contribution in [-0.2, 0) is 17.8 Å². The Hall–Kier alpha value is -3.03. The lowest BCUT2D eigenvalue weighted by Crippen LogP contribution is -2.43. The first-order chi connectivity index (χ1) is 14.6. The standard InChI is InChI=1S/C22H25N5O3/c28-20-15-13-26(21(29)14-7-8-14)12-9-16(15)24-19(25-20)18-6-2-4-11-27(18)22(30)17-5-1-3-10-23-17/h1,3,5,10,14,18H,2,4,6-9,11-13H2,(H,24,25,28). The van der Waals surface area contributed by atoms with Crippen molar-refractivity contribution in [3.8, 4) is 0 Å². The summed E-state index contributed by atoms with van der Waals surface area (Å²) in [5.74, 6) is 0.710. The molecule has 2 aliphatic heterocycles. The number of nitrogens with one attached hydrogen (secondary N) is 1. The number of piperidine rings is 1. The van der Waals surface area contributed by atoms with Gasteiger partial charge in [0.2, 0.25) is 5.91 Å². The number of hydrogen-bond donors (Lipinski definition) is 1. The van der Waals surface area contributed by atoms with Gasteiger partial charge in [-0.2, -0.15) is 0 Å². The number of likely N-dealkylation sites (tertiary alicyclic amines) is 1. The number of aromatic amines is 1. The highest BCUT2D eigenvalue weighted by Gasteiger charge is 2.36. The van der Waals surface area contributed by atoms with Crippen LogP contribution in [0, 0.1) is 5.92 Å². The Balaban J connectivity index is 1.42. The summed E-state index contributed by atoms with van der Waals surface area (Å²) in [4.78, 5) is 53.8. The van der Waals surface area contributed by atoms with Crippen LogP contribution < -0.4 is 5.56 Å². The first-order valence-electron chi connectivity index (χ1n) is 10.7. The first-order valence-corrected chi connectivity index (χ1v) is 10.7. The van der Waals surface area contributed by atoms with Gasteiger partial charge in [-0.3, -0.25) is 19.4 Å². The molecule has 2 amide bonds. The molecule has 1 aliphatic carbocycles. The van der Waals surface area contributed by atoms with Gasteiger partial charge in [-0.05, 0) is 44.2 Å². The lowest BCUT2D eigenvalue weighted by atomic mass is 9.99. The number of H-pyrrole nitrogens is 1. The van der Waals surface area contributed by atoms with Gasteiger partial charge in [0.15, 0.2) is 0 Å². The number of carbonyl (C=O) groups excluding carboxylic acids is 2. The van der Waals surface area contributed by atoms with E-state index in [4.69, 9.17) is 4.98 Å². The van der Waals surface area contributed by atoms with E-state index in [0.29, 0.717) is 43.1 Å². The molecule has 1 atom stereocenters. The molecule has 2 aromatic rings. The SMILES string of the molecule is O=C(C1CC1)N1CCc2nc(C3CCCCN3C(=O)c3ccccn3)[nH]c(=O)c2C1. The fourth-order valence-electron chi connectivity index (χ4n) is 4.47. The molecule has 1 saturated carbocycles. The predicted molar refractivity (Wildman–Crippen MR) is 109 cm³/mol. The summed E-state index contributed by atoms with van der Waals surface area (Å²) in [6.45, 7) is 1.54. The summed E-state index contributed by atoms with van der Waals surface area (Å²) in [5, 5.41) is 0. The molecule has 156 valence electrons. The van der Waals surface area contributed by atoms with Gasteiger partial charge in [-0.25, -0.2) is 4.98 Å². The molecule has 0 radical (unpaired) electrons. The minimum Gasteiger partial charge on any atom is -0.337 e. The van der Waals surface area contributed by atoms with E-state index in [1.54, 1.807) is 34.2 Å². The third-order valence-corrected chi connectivity index (χ3v) is 6.29. The van der Waals surface area contributed by atoms with Crippen LogP contribution in [0.1, 0.15) is 65.7 Å². The number of aromatic nitrogens is 3. The number of fused-ring (bicyclic) bond motifs is 1. The summed E-state index contributed by atoms with van der Waals surface area (Å²) >= 11 is 0. The molecule has 30 heavy (non-hydrogen) atoms. The zero-order chi connectivity index (χ0) is 20.7. The lowest BCUT2D eigenvalue weighted by molar-refractivity contribution is -0.133. The average Bonchev–Trinajstić information content (AvgIpc) is 3.64. The fraction of sp³-hybridized carbons (Fsp3) is 0.500. The molecule has 3 aliphatic rings. The maximum absolute atomic E-state index is 13.0. The maximum Gasteiger partial charge on any atom is 0.273 e. The van der Waals surface area contributed by atoms with Crippen molar-refractivity contribution >= 4 is 11.8 Å². The van der Waals surface area contributed by atoms with E-state index in [2.05, 4.69) is 9.97 Å². The van der Waals surface area contributed by atoms with E-state index in [-0.39, 0.29) is 29.3 Å². The van der Waals surface area contributed by atoms with Crippen LogP contribution in [0.15, 0.2) is 29.2 Å². The van der Waals surface area contributed by atoms with E-state index in [9.17, 15) is 14.4 Å². The highest BCUT2D eigenvalue weighted by Crippen LogP contribution is 2.33. The maximum atomic E-state index is 13.0. The van der Waals surface area contributed by atoms with E-state index in [1.165, 1.54) is 0 Å². The second-order valence-corrected chi connectivity index (χ2v) is 8.39. The minimum atomic E-state index is -0.266. The second-order valence-electron chi connectivity index (χ2n) is 8.39. The quantitative estimate of drug-likeness (QED) is 0.837. The Morgan fingerprint density at radius 1 is 1.10 bits per heavy atom. The molecule has 0 spiro atoms. The Morgan fingerprint density at radius 3 is 2.73 bits per heavy atom. The van der Waals surface area contributed by atoms with Gasteiger partial charge in [0.05, 0.1) is 23.8 Å². The molecule has 5 rings (SSSR count). The molecule has 1 N–H and O–H groups in total. The van der Waals surface area contributed by atoms with Crippen LogP contribution in [0.3, 0.4) is 0 Å². The number of nitrogens with zero attached hydrogens (tertiary/aromatic N) is 4. The fourth-order valence-corrected chi connectivity index (χ4v) is 4.47. The molecule has 1 saturated heterocycles. The topological polar surface area (TPSA) is 99.3 Å². The molecule has 0 aromatic carbocycles. The van der Waals surface area contributed by atoms with Crippen LogP contribution in [0.25, 0.3) is 0 Å². The summed E-state index contributed by atoms with van der Waals surface area (Å²) in [6, 6.07) is 5.02. The Morgan fingerprint density at radius 2 is 1.97 bits per heavy atom. The smallest absolute Gasteiger partial charge is 0.273 e. The summed E-state index contributed by atoms with van der Waals surface area (Å²) in [6.07, 6.45) is 6.75. The van der Waals surface area contributed by atoms with Gasteiger partial charge in [0.25, 0.3) is 11.5 Å². The van der Waals surface area contributed by atoms with E-state index in [1.807, 2.05) is 0 Å². The van der Waals surface area contributed by atoms with Crippen molar-refractivity contribution in [1.82, 2.24) is 24.8 Å². The van der Waals surface area contributed by atoms with Gasteiger partial charge in [0, 0.05) is 31.6 Å². The van der Waals surface area contributed by atoms with Crippen molar-refractivity contribution < 1.29 is 9.59 Å². The van der Waals surface area contributed by atoms with Gasteiger partial charge in [-0.15, -0.1) is 0 Å². The monoisotopic (exact) mass is 407 g/mol. The molecule has 8 heteroatoms. The van der Waals surface area contributed by atoms with Crippen LogP contribution in [0.2, 0.25) is 0 Å². The van der Waals surface area contributed by atoms with Gasteiger partial charge < -0.3 is 14.8 Å². The van der Waals surface area contributed by atoms with E-state index >= 15 is 0 Å². The average molecular weight is 407 g/mol. The number of rotatable bonds is 3. The molecular formula is C22H25N5O3. The van der Waals surface area contributed by atoms with E-state index < -0.39 is 0 Å². The summed E-state index contributed by atoms with van der Waals surface area (Å²) in [7, 11) is 0. The van der Waals surface area contributed by atoms with Gasteiger partial charge >= 0.3 is 0 Å². The van der Waals surface area contributed by atoms with Crippen molar-refractivity contribution in [3.63, 3.8) is 0 Å². The number of carbonyl (C=O) groups is 2. The zero-order valence-corrected chi connectivity index (χ0v) is 16.8. The van der Waals surface area contributed by atoms with Crippen LogP contribution in [0.5, 0.6) is 0 Å². The molecule has 1 unspecified atom stereocenters. The molecule has 4 heterocycles. The first kappa shape index (κ1) is 19.0. The summed E-state index contributed by atoms with van der Waals surface area (Å²) < 4.78 is 0. The molecule has 2 aromatic heterocycles. The van der Waals surface area contributed by atoms with Gasteiger partial charge in [0.1, 0.15) is 11.5 Å². The third-order valence-electron chi connectivity index (χ3n) is 6.29. The zero-order valence-electron chi connectivity index (χ0n) is 16.8. The van der Waals surface area contributed by atoms with Gasteiger partial charge in [-0.1, -0.05) is 6.07 Å². The number of hydrogen-bond acceptors (Lipinski definition) is 5. The van der Waals surface area contributed by atoms with Crippen molar-refractivity contribution in [1.29, 1.82) is 0 Å². The highest BCUT2D eigenvalue weighted by atomic mass is 16.2. The molecule has 0 bridgehead atoms. The Kier molecular flexibility index (Phi) is 4.84. The van der Waals surface area contributed by atoms with Crippen LogP contribution >= 0.6 is 0 Å². The Labute approximate surface area is 174 Å². The number of pyridine rings is 1. The van der Waals surface area contributed by atoms with Crippen molar-refractivity contribution in [3.05, 3.63) is 57.5 Å². The lowest BCUT2D eigenvalue weighted by Gasteiger charge is -2.35. The predicted octanol–water partition coefficient (Wildman–Crippen LogP) is 1.83. The largest absolute Gasteiger partial charge is 0.337 e.